The maximum absolute atomic E-state index is 11.8. The normalized spacial score (nSPS) is 18.8. The molecule has 6 nitrogen and oxygen atoms in total. The van der Waals surface area contributed by atoms with Crippen molar-refractivity contribution < 1.29 is 8.42 Å². The molecule has 24 heavy (non-hydrogen) atoms. The van der Waals surface area contributed by atoms with E-state index in [1.165, 1.54) is 5.56 Å². The molecule has 1 aromatic carbocycles. The highest BCUT2D eigenvalue weighted by Gasteiger charge is 2.27. The van der Waals surface area contributed by atoms with E-state index < -0.39 is 10.0 Å². The van der Waals surface area contributed by atoms with Gasteiger partial charge >= 0.3 is 0 Å². The molecule has 7 heteroatoms. The van der Waals surface area contributed by atoms with Crippen molar-refractivity contribution in [1.82, 2.24) is 19.2 Å². The largest absolute Gasteiger partial charge is 0.309 e. The first-order valence-corrected chi connectivity index (χ1v) is 9.90. The van der Waals surface area contributed by atoms with Gasteiger partial charge in [-0.15, -0.1) is 0 Å². The van der Waals surface area contributed by atoms with Gasteiger partial charge in [0, 0.05) is 43.8 Å². The second-order valence-corrected chi connectivity index (χ2v) is 8.27. The van der Waals surface area contributed by atoms with E-state index in [0.29, 0.717) is 19.6 Å². The minimum atomic E-state index is -3.00. The first-order valence-electron chi connectivity index (χ1n) is 8.29. The van der Waals surface area contributed by atoms with Gasteiger partial charge in [-0.25, -0.2) is 17.7 Å². The second kappa shape index (κ2) is 7.04. The lowest BCUT2D eigenvalue weighted by molar-refractivity contribution is 0.422. The van der Waals surface area contributed by atoms with Crippen molar-refractivity contribution >= 4 is 10.0 Å². The molecule has 130 valence electrons. The monoisotopic (exact) mass is 348 g/mol. The summed E-state index contributed by atoms with van der Waals surface area (Å²) in [4.78, 5) is 4.24. The minimum Gasteiger partial charge on any atom is -0.309 e. The Balaban J connectivity index is 1.55. The summed E-state index contributed by atoms with van der Waals surface area (Å²) in [5, 5.41) is 3.40. The summed E-state index contributed by atoms with van der Waals surface area (Å²) in [6.45, 7) is 5.92. The van der Waals surface area contributed by atoms with Crippen LogP contribution >= 0.6 is 0 Å². The molecule has 0 spiro atoms. The Bertz CT molecular complexity index is 783. The van der Waals surface area contributed by atoms with Crippen LogP contribution in [-0.4, -0.2) is 47.7 Å². The zero-order valence-corrected chi connectivity index (χ0v) is 15.0. The standard InChI is InChI=1S/C17H24N4O2S/c1-14(18-8-11-20-10-3-13-24(20,22)23)16-4-6-17(7-5-16)21-12-9-19-15(21)2/h4-7,9,12,14,18H,3,8,10-11,13H2,1-2H3/t14-/m1/s1. The van der Waals surface area contributed by atoms with E-state index in [4.69, 9.17) is 0 Å². The van der Waals surface area contributed by atoms with E-state index in [1.54, 1.807) is 10.5 Å². The fourth-order valence-electron chi connectivity index (χ4n) is 3.04. The summed E-state index contributed by atoms with van der Waals surface area (Å²) < 4.78 is 27.2. The fourth-order valence-corrected chi connectivity index (χ4v) is 4.57. The quantitative estimate of drug-likeness (QED) is 0.865. The smallest absolute Gasteiger partial charge is 0.214 e. The summed E-state index contributed by atoms with van der Waals surface area (Å²) in [5.74, 6) is 1.25. The van der Waals surface area contributed by atoms with E-state index in [9.17, 15) is 8.42 Å². The van der Waals surface area contributed by atoms with Crippen LogP contribution in [0.25, 0.3) is 5.69 Å². The number of benzene rings is 1. The lowest BCUT2D eigenvalue weighted by Gasteiger charge is -2.18. The maximum Gasteiger partial charge on any atom is 0.214 e. The van der Waals surface area contributed by atoms with E-state index >= 15 is 0 Å². The van der Waals surface area contributed by atoms with Crippen LogP contribution in [-0.2, 0) is 10.0 Å². The first kappa shape index (κ1) is 17.1. The predicted octanol–water partition coefficient (Wildman–Crippen LogP) is 1.87. The number of aryl methyl sites for hydroxylation is 1. The van der Waals surface area contributed by atoms with Crippen LogP contribution in [0.5, 0.6) is 0 Å². The molecule has 1 saturated heterocycles. The molecule has 0 bridgehead atoms. The van der Waals surface area contributed by atoms with Crippen LogP contribution in [0.15, 0.2) is 36.7 Å². The highest BCUT2D eigenvalue weighted by atomic mass is 32.2. The molecule has 1 aliphatic heterocycles. The zero-order valence-electron chi connectivity index (χ0n) is 14.1. The van der Waals surface area contributed by atoms with E-state index in [2.05, 4.69) is 41.5 Å². The Morgan fingerprint density at radius 3 is 2.62 bits per heavy atom. The van der Waals surface area contributed by atoms with Gasteiger partial charge in [0.05, 0.1) is 5.75 Å². The SMILES string of the molecule is Cc1nccn1-c1ccc([C@@H](C)NCCN2CCCS2(=O)=O)cc1. The molecule has 1 atom stereocenters. The number of hydrogen-bond donors (Lipinski definition) is 1. The van der Waals surface area contributed by atoms with Crippen molar-refractivity contribution in [3.05, 3.63) is 48.0 Å². The van der Waals surface area contributed by atoms with Crippen molar-refractivity contribution in [1.29, 1.82) is 0 Å². The number of nitrogens with zero attached hydrogens (tertiary/aromatic N) is 3. The van der Waals surface area contributed by atoms with Gasteiger partial charge in [0.25, 0.3) is 0 Å². The Kier molecular flexibility index (Phi) is 5.03. The topological polar surface area (TPSA) is 67.2 Å². The third-order valence-corrected chi connectivity index (χ3v) is 6.47. The summed E-state index contributed by atoms with van der Waals surface area (Å²) in [7, 11) is -3.00. The maximum atomic E-state index is 11.8. The average molecular weight is 348 g/mol. The van der Waals surface area contributed by atoms with Gasteiger partial charge in [-0.05, 0) is 38.0 Å². The molecular weight excluding hydrogens is 324 g/mol. The lowest BCUT2D eigenvalue weighted by atomic mass is 10.1. The molecule has 1 N–H and O–H groups in total. The molecule has 2 aromatic rings. The Morgan fingerprint density at radius 1 is 1.29 bits per heavy atom. The zero-order chi connectivity index (χ0) is 17.2. The summed E-state index contributed by atoms with van der Waals surface area (Å²) in [6.07, 6.45) is 4.48. The Hall–Kier alpha value is -1.70. The Labute approximate surface area is 143 Å². The minimum absolute atomic E-state index is 0.174. The van der Waals surface area contributed by atoms with Gasteiger partial charge in [0.15, 0.2) is 0 Å². The van der Waals surface area contributed by atoms with Crippen molar-refractivity contribution in [2.45, 2.75) is 26.3 Å². The molecule has 3 rings (SSSR count). The first-order chi connectivity index (χ1) is 11.5. The highest BCUT2D eigenvalue weighted by molar-refractivity contribution is 7.89. The predicted molar refractivity (Wildman–Crippen MR) is 94.7 cm³/mol. The molecule has 0 amide bonds. The Morgan fingerprint density at radius 2 is 2.04 bits per heavy atom. The molecule has 2 heterocycles. The van der Waals surface area contributed by atoms with Gasteiger partial charge in [-0.3, -0.25) is 0 Å². The van der Waals surface area contributed by atoms with Crippen LogP contribution in [0.1, 0.15) is 30.8 Å². The molecule has 0 aliphatic carbocycles. The molecule has 0 unspecified atom stereocenters. The van der Waals surface area contributed by atoms with Crippen LogP contribution in [0.3, 0.4) is 0 Å². The lowest BCUT2D eigenvalue weighted by Crippen LogP contribution is -2.34. The van der Waals surface area contributed by atoms with E-state index in [-0.39, 0.29) is 11.8 Å². The van der Waals surface area contributed by atoms with Crippen molar-refractivity contribution in [3.63, 3.8) is 0 Å². The second-order valence-electron chi connectivity index (χ2n) is 6.18. The van der Waals surface area contributed by atoms with Gasteiger partial charge in [0.2, 0.25) is 10.0 Å². The molecule has 1 aliphatic rings. The molecule has 0 radical (unpaired) electrons. The molecule has 1 fully saturated rings. The van der Waals surface area contributed by atoms with Crippen LogP contribution in [0.4, 0.5) is 0 Å². The van der Waals surface area contributed by atoms with Gasteiger partial charge in [0.1, 0.15) is 5.82 Å². The number of aromatic nitrogens is 2. The summed E-state index contributed by atoms with van der Waals surface area (Å²) in [5.41, 5.74) is 2.27. The van der Waals surface area contributed by atoms with Gasteiger partial charge in [-0.1, -0.05) is 12.1 Å². The molecular formula is C17H24N4O2S. The molecule has 0 saturated carbocycles. The summed E-state index contributed by atoms with van der Waals surface area (Å²) >= 11 is 0. The van der Waals surface area contributed by atoms with Gasteiger partial charge < -0.3 is 9.88 Å². The van der Waals surface area contributed by atoms with E-state index in [1.807, 2.05) is 17.7 Å². The van der Waals surface area contributed by atoms with Crippen molar-refractivity contribution in [3.8, 4) is 5.69 Å². The third kappa shape index (κ3) is 3.68. The average Bonchev–Trinajstić information content (AvgIpc) is 3.13. The number of sulfonamides is 1. The van der Waals surface area contributed by atoms with Crippen molar-refractivity contribution in [2.75, 3.05) is 25.4 Å². The number of hydrogen-bond acceptors (Lipinski definition) is 4. The number of nitrogens with one attached hydrogen (secondary N) is 1. The summed E-state index contributed by atoms with van der Waals surface area (Å²) in [6, 6.07) is 8.52. The third-order valence-electron chi connectivity index (χ3n) is 4.51. The van der Waals surface area contributed by atoms with Crippen LogP contribution < -0.4 is 5.32 Å². The van der Waals surface area contributed by atoms with E-state index in [0.717, 1.165) is 17.9 Å². The van der Waals surface area contributed by atoms with Crippen LogP contribution in [0.2, 0.25) is 0 Å². The van der Waals surface area contributed by atoms with Crippen LogP contribution in [0, 0.1) is 6.92 Å². The molecule has 1 aromatic heterocycles. The number of rotatable bonds is 6. The van der Waals surface area contributed by atoms with Crippen molar-refractivity contribution in [2.24, 2.45) is 0 Å². The highest BCUT2D eigenvalue weighted by Crippen LogP contribution is 2.17. The van der Waals surface area contributed by atoms with Gasteiger partial charge in [-0.2, -0.15) is 0 Å². The number of imidazole rings is 1. The fraction of sp³-hybridized carbons (Fsp3) is 0.471.